The summed E-state index contributed by atoms with van der Waals surface area (Å²) >= 11 is 0. The molecule has 0 unspecified atom stereocenters. The van der Waals surface area contributed by atoms with E-state index >= 15 is 0 Å². The second-order valence-corrected chi connectivity index (χ2v) is 5.87. The minimum Gasteiger partial charge on any atom is -0.493 e. The molecule has 0 spiro atoms. The number of hydrogen-bond acceptors (Lipinski definition) is 3. The standard InChI is InChI=1S/C17H27NO2/c1-4-13-5-8-15(9-6-13)20-16-10-7-14(12(2)18)11-17(16)19-3/h7,10-13,15H,4-6,8-9,18H2,1-3H3/t12-,13?,15?/m1/s1. The Morgan fingerprint density at radius 1 is 1.20 bits per heavy atom. The molecule has 0 bridgehead atoms. The zero-order valence-electron chi connectivity index (χ0n) is 12.9. The van der Waals surface area contributed by atoms with E-state index in [0.29, 0.717) is 6.10 Å². The summed E-state index contributed by atoms with van der Waals surface area (Å²) in [6.45, 7) is 4.25. The van der Waals surface area contributed by atoms with Crippen LogP contribution in [0, 0.1) is 5.92 Å². The van der Waals surface area contributed by atoms with Crippen LogP contribution < -0.4 is 15.2 Å². The van der Waals surface area contributed by atoms with Crippen LogP contribution in [-0.4, -0.2) is 13.2 Å². The first-order valence-corrected chi connectivity index (χ1v) is 7.74. The van der Waals surface area contributed by atoms with Gasteiger partial charge in [-0.3, -0.25) is 0 Å². The van der Waals surface area contributed by atoms with Crippen LogP contribution in [0.2, 0.25) is 0 Å². The second-order valence-electron chi connectivity index (χ2n) is 5.87. The van der Waals surface area contributed by atoms with Gasteiger partial charge in [0.05, 0.1) is 13.2 Å². The summed E-state index contributed by atoms with van der Waals surface area (Å²) in [5, 5.41) is 0. The van der Waals surface area contributed by atoms with Crippen molar-refractivity contribution in [2.45, 2.75) is 58.1 Å². The van der Waals surface area contributed by atoms with Gasteiger partial charge in [-0.1, -0.05) is 19.4 Å². The quantitative estimate of drug-likeness (QED) is 0.882. The lowest BCUT2D eigenvalue weighted by Crippen LogP contribution is -2.24. The van der Waals surface area contributed by atoms with Crippen LogP contribution >= 0.6 is 0 Å². The third kappa shape index (κ3) is 3.66. The van der Waals surface area contributed by atoms with Crippen molar-refractivity contribution in [3.05, 3.63) is 23.8 Å². The van der Waals surface area contributed by atoms with Crippen molar-refractivity contribution >= 4 is 0 Å². The van der Waals surface area contributed by atoms with E-state index in [1.807, 2.05) is 25.1 Å². The van der Waals surface area contributed by atoms with E-state index < -0.39 is 0 Å². The van der Waals surface area contributed by atoms with Gasteiger partial charge in [-0.25, -0.2) is 0 Å². The van der Waals surface area contributed by atoms with Crippen molar-refractivity contribution in [3.8, 4) is 11.5 Å². The Kier molecular flexibility index (Phi) is 5.30. The smallest absolute Gasteiger partial charge is 0.161 e. The van der Waals surface area contributed by atoms with E-state index in [4.69, 9.17) is 15.2 Å². The maximum Gasteiger partial charge on any atom is 0.161 e. The van der Waals surface area contributed by atoms with Gasteiger partial charge in [0.25, 0.3) is 0 Å². The molecule has 1 aromatic carbocycles. The first-order valence-electron chi connectivity index (χ1n) is 7.74. The van der Waals surface area contributed by atoms with Gasteiger partial charge in [0, 0.05) is 6.04 Å². The fourth-order valence-corrected chi connectivity index (χ4v) is 2.90. The van der Waals surface area contributed by atoms with Crippen molar-refractivity contribution in [2.75, 3.05) is 7.11 Å². The van der Waals surface area contributed by atoms with Crippen molar-refractivity contribution in [1.82, 2.24) is 0 Å². The number of methoxy groups -OCH3 is 1. The lowest BCUT2D eigenvalue weighted by Gasteiger charge is -2.29. The molecule has 1 fully saturated rings. The molecule has 3 nitrogen and oxygen atoms in total. The van der Waals surface area contributed by atoms with E-state index in [1.54, 1.807) is 7.11 Å². The molecule has 2 rings (SSSR count). The van der Waals surface area contributed by atoms with Gasteiger partial charge in [-0.05, 0) is 56.2 Å². The summed E-state index contributed by atoms with van der Waals surface area (Å²) in [5.74, 6) is 2.52. The first kappa shape index (κ1) is 15.2. The minimum atomic E-state index is 0.0120. The summed E-state index contributed by atoms with van der Waals surface area (Å²) in [4.78, 5) is 0. The van der Waals surface area contributed by atoms with E-state index in [2.05, 4.69) is 6.92 Å². The molecule has 1 aliphatic rings. The Morgan fingerprint density at radius 3 is 2.45 bits per heavy atom. The average Bonchev–Trinajstić information content (AvgIpc) is 2.48. The molecule has 0 aromatic heterocycles. The molecule has 0 radical (unpaired) electrons. The summed E-state index contributed by atoms with van der Waals surface area (Å²) < 4.78 is 11.6. The van der Waals surface area contributed by atoms with Crippen LogP contribution in [0.15, 0.2) is 18.2 Å². The number of nitrogens with two attached hydrogens (primary N) is 1. The Labute approximate surface area is 122 Å². The maximum atomic E-state index is 6.14. The molecule has 2 N–H and O–H groups in total. The predicted molar refractivity (Wildman–Crippen MR) is 82.3 cm³/mol. The Balaban J connectivity index is 2.02. The summed E-state index contributed by atoms with van der Waals surface area (Å²) in [6.07, 6.45) is 6.47. The molecule has 20 heavy (non-hydrogen) atoms. The number of rotatable bonds is 5. The van der Waals surface area contributed by atoms with Gasteiger partial charge in [-0.15, -0.1) is 0 Å². The number of ether oxygens (including phenoxy) is 2. The van der Waals surface area contributed by atoms with Gasteiger partial charge < -0.3 is 15.2 Å². The first-order chi connectivity index (χ1) is 9.63. The van der Waals surface area contributed by atoms with E-state index in [1.165, 1.54) is 19.3 Å². The Bertz CT molecular complexity index is 423. The average molecular weight is 277 g/mol. The largest absolute Gasteiger partial charge is 0.493 e. The summed E-state index contributed by atoms with van der Waals surface area (Å²) in [5.41, 5.74) is 6.98. The molecular weight excluding hydrogens is 250 g/mol. The lowest BCUT2D eigenvalue weighted by molar-refractivity contribution is 0.126. The molecule has 0 saturated heterocycles. The normalized spacial score (nSPS) is 24.2. The highest BCUT2D eigenvalue weighted by Gasteiger charge is 2.22. The highest BCUT2D eigenvalue weighted by atomic mass is 16.5. The molecule has 0 amide bonds. The number of hydrogen-bond donors (Lipinski definition) is 1. The van der Waals surface area contributed by atoms with Crippen LogP contribution in [0.3, 0.4) is 0 Å². The Hall–Kier alpha value is -1.22. The van der Waals surface area contributed by atoms with Crippen LogP contribution in [0.25, 0.3) is 0 Å². The topological polar surface area (TPSA) is 44.5 Å². The van der Waals surface area contributed by atoms with E-state index in [-0.39, 0.29) is 6.04 Å². The summed E-state index contributed by atoms with van der Waals surface area (Å²) in [6, 6.07) is 6.01. The zero-order valence-corrected chi connectivity index (χ0v) is 12.9. The van der Waals surface area contributed by atoms with Gasteiger partial charge >= 0.3 is 0 Å². The van der Waals surface area contributed by atoms with Gasteiger partial charge in [0.15, 0.2) is 11.5 Å². The molecule has 112 valence electrons. The van der Waals surface area contributed by atoms with Gasteiger partial charge in [0.2, 0.25) is 0 Å². The van der Waals surface area contributed by atoms with Crippen molar-refractivity contribution in [3.63, 3.8) is 0 Å². The molecule has 1 aromatic rings. The number of benzene rings is 1. The van der Waals surface area contributed by atoms with Gasteiger partial charge in [-0.2, -0.15) is 0 Å². The van der Waals surface area contributed by atoms with E-state index in [0.717, 1.165) is 35.8 Å². The SMILES string of the molecule is CCC1CCC(Oc2ccc([C@@H](C)N)cc2OC)CC1. The molecule has 0 heterocycles. The maximum absolute atomic E-state index is 6.14. The van der Waals surface area contributed by atoms with Crippen molar-refractivity contribution in [2.24, 2.45) is 11.7 Å². The highest BCUT2D eigenvalue weighted by Crippen LogP contribution is 2.34. The molecule has 0 aliphatic heterocycles. The lowest BCUT2D eigenvalue weighted by atomic mass is 9.86. The van der Waals surface area contributed by atoms with Crippen LogP contribution in [0.1, 0.15) is 57.6 Å². The zero-order chi connectivity index (χ0) is 14.5. The molecular formula is C17H27NO2. The third-order valence-electron chi connectivity index (χ3n) is 4.38. The summed E-state index contributed by atoms with van der Waals surface area (Å²) in [7, 11) is 1.68. The van der Waals surface area contributed by atoms with Crippen LogP contribution in [0.5, 0.6) is 11.5 Å². The van der Waals surface area contributed by atoms with Gasteiger partial charge in [0.1, 0.15) is 0 Å². The highest BCUT2D eigenvalue weighted by molar-refractivity contribution is 5.43. The van der Waals surface area contributed by atoms with Crippen molar-refractivity contribution in [1.29, 1.82) is 0 Å². The minimum absolute atomic E-state index is 0.0120. The predicted octanol–water partition coefficient (Wildman–Crippen LogP) is 4.06. The van der Waals surface area contributed by atoms with E-state index in [9.17, 15) is 0 Å². The van der Waals surface area contributed by atoms with Crippen molar-refractivity contribution < 1.29 is 9.47 Å². The molecule has 1 atom stereocenters. The van der Waals surface area contributed by atoms with Crippen LogP contribution in [-0.2, 0) is 0 Å². The second kappa shape index (κ2) is 6.98. The Morgan fingerprint density at radius 2 is 1.90 bits per heavy atom. The van der Waals surface area contributed by atoms with Crippen LogP contribution in [0.4, 0.5) is 0 Å². The molecule has 3 heteroatoms. The fourth-order valence-electron chi connectivity index (χ4n) is 2.90. The monoisotopic (exact) mass is 277 g/mol. The molecule has 1 saturated carbocycles. The fraction of sp³-hybridized carbons (Fsp3) is 0.647. The third-order valence-corrected chi connectivity index (χ3v) is 4.38. The molecule has 1 aliphatic carbocycles.